The Balaban J connectivity index is 2.39. The van der Waals surface area contributed by atoms with Crippen LogP contribution in [0.25, 0.3) is 0 Å². The van der Waals surface area contributed by atoms with Gasteiger partial charge in [0.15, 0.2) is 0 Å². The van der Waals surface area contributed by atoms with Gasteiger partial charge in [0, 0.05) is 24.0 Å². The van der Waals surface area contributed by atoms with Gasteiger partial charge in [-0.05, 0) is 48.4 Å². The zero-order valence-electron chi connectivity index (χ0n) is 12.6. The highest BCUT2D eigenvalue weighted by Gasteiger charge is 2.34. The summed E-state index contributed by atoms with van der Waals surface area (Å²) < 4.78 is 27.3. The predicted molar refractivity (Wildman–Crippen MR) is 87.4 cm³/mol. The molecule has 21 heavy (non-hydrogen) atoms. The zero-order valence-corrected chi connectivity index (χ0v) is 14.9. The highest BCUT2D eigenvalue weighted by atomic mass is 35.5. The van der Waals surface area contributed by atoms with Gasteiger partial charge in [0.1, 0.15) is 0 Å². The summed E-state index contributed by atoms with van der Waals surface area (Å²) >= 11 is 11.9. The van der Waals surface area contributed by atoms with Crippen molar-refractivity contribution in [2.24, 2.45) is 11.8 Å². The van der Waals surface area contributed by atoms with Crippen LogP contribution in [0.2, 0.25) is 5.02 Å². The molecule has 3 nitrogen and oxygen atoms in total. The molecule has 1 saturated heterocycles. The molecule has 1 aromatic carbocycles. The summed E-state index contributed by atoms with van der Waals surface area (Å²) in [6, 6.07) is 3.26. The first kappa shape index (κ1) is 17.1. The first-order valence-electron chi connectivity index (χ1n) is 7.12. The van der Waals surface area contributed by atoms with E-state index in [1.165, 1.54) is 6.07 Å². The van der Waals surface area contributed by atoms with Crippen LogP contribution in [-0.4, -0.2) is 25.8 Å². The standard InChI is InChI=1S/C15H21Cl2NO2S/c1-10(2)12-4-5-18(9-12)21(19,20)15-7-14(17)6-13(8-16)11(15)3/h6-7,10,12H,4-5,8-9H2,1-3H3. The molecule has 118 valence electrons. The Kier molecular flexibility index (Phi) is 5.24. The Morgan fingerprint density at radius 2 is 2.05 bits per heavy atom. The molecule has 0 aromatic heterocycles. The van der Waals surface area contributed by atoms with Gasteiger partial charge in [-0.15, -0.1) is 11.6 Å². The molecule has 1 aliphatic heterocycles. The van der Waals surface area contributed by atoms with Gasteiger partial charge in [-0.25, -0.2) is 8.42 Å². The number of alkyl halides is 1. The molecule has 1 fully saturated rings. The van der Waals surface area contributed by atoms with Crippen LogP contribution in [0.15, 0.2) is 17.0 Å². The third-order valence-electron chi connectivity index (χ3n) is 4.32. The lowest BCUT2D eigenvalue weighted by atomic mass is 9.96. The molecular formula is C15H21Cl2NO2S. The molecule has 1 unspecified atom stereocenters. The van der Waals surface area contributed by atoms with E-state index in [1.54, 1.807) is 17.3 Å². The monoisotopic (exact) mass is 349 g/mol. The fourth-order valence-corrected chi connectivity index (χ4v) is 5.16. The third-order valence-corrected chi connectivity index (χ3v) is 6.82. The average molecular weight is 350 g/mol. The number of nitrogens with zero attached hydrogens (tertiary/aromatic N) is 1. The molecule has 1 heterocycles. The molecule has 1 atom stereocenters. The predicted octanol–water partition coefficient (Wildman–Crippen LogP) is 4.05. The molecule has 1 aliphatic rings. The molecular weight excluding hydrogens is 329 g/mol. The molecule has 0 radical (unpaired) electrons. The second-order valence-corrected chi connectivity index (χ2v) is 8.59. The number of hydrogen-bond acceptors (Lipinski definition) is 2. The normalized spacial score (nSPS) is 20.4. The highest BCUT2D eigenvalue weighted by molar-refractivity contribution is 7.89. The summed E-state index contributed by atoms with van der Waals surface area (Å²) in [6.07, 6.45) is 0.916. The van der Waals surface area contributed by atoms with Crippen molar-refractivity contribution in [3.63, 3.8) is 0 Å². The summed E-state index contributed by atoms with van der Waals surface area (Å²) in [4.78, 5) is 0.287. The molecule has 0 amide bonds. The topological polar surface area (TPSA) is 37.4 Å². The minimum Gasteiger partial charge on any atom is -0.207 e. The average Bonchev–Trinajstić information content (AvgIpc) is 2.91. The molecule has 0 aliphatic carbocycles. The fourth-order valence-electron chi connectivity index (χ4n) is 2.77. The van der Waals surface area contributed by atoms with Crippen LogP contribution in [0, 0.1) is 18.8 Å². The van der Waals surface area contributed by atoms with Crippen molar-refractivity contribution in [2.75, 3.05) is 13.1 Å². The van der Waals surface area contributed by atoms with E-state index < -0.39 is 10.0 Å². The number of halogens is 2. The van der Waals surface area contributed by atoms with E-state index >= 15 is 0 Å². The van der Waals surface area contributed by atoms with Crippen molar-refractivity contribution < 1.29 is 8.42 Å². The lowest BCUT2D eigenvalue weighted by Crippen LogP contribution is -2.30. The van der Waals surface area contributed by atoms with Crippen LogP contribution < -0.4 is 0 Å². The minimum atomic E-state index is -3.50. The maximum Gasteiger partial charge on any atom is 0.243 e. The van der Waals surface area contributed by atoms with Crippen molar-refractivity contribution in [2.45, 2.75) is 38.0 Å². The lowest BCUT2D eigenvalue weighted by Gasteiger charge is -2.20. The number of hydrogen-bond donors (Lipinski definition) is 0. The summed E-state index contributed by atoms with van der Waals surface area (Å²) in [5.74, 6) is 1.17. The summed E-state index contributed by atoms with van der Waals surface area (Å²) in [5, 5.41) is 0.412. The van der Waals surface area contributed by atoms with Crippen LogP contribution in [0.4, 0.5) is 0 Å². The maximum atomic E-state index is 12.9. The lowest BCUT2D eigenvalue weighted by molar-refractivity contribution is 0.388. The quantitative estimate of drug-likeness (QED) is 0.768. The van der Waals surface area contributed by atoms with Gasteiger partial charge >= 0.3 is 0 Å². The smallest absolute Gasteiger partial charge is 0.207 e. The molecule has 0 bridgehead atoms. The first-order chi connectivity index (χ1) is 9.77. The van der Waals surface area contributed by atoms with Crippen molar-refractivity contribution in [3.8, 4) is 0 Å². The van der Waals surface area contributed by atoms with Gasteiger partial charge in [-0.3, -0.25) is 0 Å². The summed E-state index contributed by atoms with van der Waals surface area (Å²) in [7, 11) is -3.50. The van der Waals surface area contributed by atoms with Crippen molar-refractivity contribution in [1.82, 2.24) is 4.31 Å². The SMILES string of the molecule is Cc1c(CCl)cc(Cl)cc1S(=O)(=O)N1CCC(C(C)C)C1. The van der Waals surface area contributed by atoms with Crippen LogP contribution in [-0.2, 0) is 15.9 Å². The van der Waals surface area contributed by atoms with Crippen LogP contribution in [0.1, 0.15) is 31.4 Å². The van der Waals surface area contributed by atoms with Gasteiger partial charge in [0.05, 0.1) is 4.90 Å². The molecule has 6 heteroatoms. The van der Waals surface area contributed by atoms with Crippen molar-refractivity contribution in [1.29, 1.82) is 0 Å². The fraction of sp³-hybridized carbons (Fsp3) is 0.600. The van der Waals surface area contributed by atoms with Gasteiger partial charge in [-0.2, -0.15) is 4.31 Å². The van der Waals surface area contributed by atoms with E-state index in [-0.39, 0.29) is 10.8 Å². The van der Waals surface area contributed by atoms with Gasteiger partial charge in [0.25, 0.3) is 0 Å². The number of rotatable bonds is 4. The Labute approximate surface area is 137 Å². The van der Waals surface area contributed by atoms with Gasteiger partial charge < -0.3 is 0 Å². The number of benzene rings is 1. The molecule has 0 saturated carbocycles. The van der Waals surface area contributed by atoms with Crippen LogP contribution in [0.3, 0.4) is 0 Å². The summed E-state index contributed by atoms with van der Waals surface area (Å²) in [5.41, 5.74) is 1.46. The number of sulfonamides is 1. The Bertz CT molecular complexity index is 629. The molecule has 0 spiro atoms. The van der Waals surface area contributed by atoms with E-state index in [9.17, 15) is 8.42 Å². The van der Waals surface area contributed by atoms with E-state index in [2.05, 4.69) is 13.8 Å². The second kappa shape index (κ2) is 6.45. The summed E-state index contributed by atoms with van der Waals surface area (Å²) in [6.45, 7) is 7.22. The van der Waals surface area contributed by atoms with E-state index in [4.69, 9.17) is 23.2 Å². The minimum absolute atomic E-state index is 0.254. The molecule has 1 aromatic rings. The van der Waals surface area contributed by atoms with Crippen LogP contribution in [0.5, 0.6) is 0 Å². The largest absolute Gasteiger partial charge is 0.243 e. The van der Waals surface area contributed by atoms with Crippen molar-refractivity contribution >= 4 is 33.2 Å². The maximum absolute atomic E-state index is 12.9. The zero-order chi connectivity index (χ0) is 15.8. The second-order valence-electron chi connectivity index (χ2n) is 5.98. The van der Waals surface area contributed by atoms with Crippen LogP contribution >= 0.6 is 23.2 Å². The Morgan fingerprint density at radius 3 is 2.57 bits per heavy atom. The van der Waals surface area contributed by atoms with Gasteiger partial charge in [0.2, 0.25) is 10.0 Å². The molecule has 2 rings (SSSR count). The van der Waals surface area contributed by atoms with E-state index in [0.29, 0.717) is 35.5 Å². The molecule has 0 N–H and O–H groups in total. The van der Waals surface area contributed by atoms with Crippen molar-refractivity contribution in [3.05, 3.63) is 28.3 Å². The first-order valence-corrected chi connectivity index (χ1v) is 9.47. The Morgan fingerprint density at radius 1 is 1.38 bits per heavy atom. The van der Waals surface area contributed by atoms with Gasteiger partial charge in [-0.1, -0.05) is 25.4 Å². The van der Waals surface area contributed by atoms with E-state index in [0.717, 1.165) is 12.0 Å². The highest BCUT2D eigenvalue weighted by Crippen LogP contribution is 2.32. The third kappa shape index (κ3) is 3.39. The Hall–Kier alpha value is -0.290. The van der Waals surface area contributed by atoms with E-state index in [1.807, 2.05) is 0 Å².